The van der Waals surface area contributed by atoms with Crippen molar-refractivity contribution in [1.82, 2.24) is 9.97 Å². The van der Waals surface area contributed by atoms with Crippen molar-refractivity contribution in [1.29, 1.82) is 0 Å². The van der Waals surface area contributed by atoms with E-state index in [9.17, 15) is 18.7 Å². The molecule has 2 rings (SSSR count). The van der Waals surface area contributed by atoms with Crippen LogP contribution >= 0.6 is 11.8 Å². The maximum absolute atomic E-state index is 13.6. The van der Waals surface area contributed by atoms with E-state index in [1.807, 2.05) is 0 Å². The zero-order valence-electron chi connectivity index (χ0n) is 11.4. The molecule has 1 N–H and O–H groups in total. The van der Waals surface area contributed by atoms with Gasteiger partial charge in [-0.25, -0.2) is 23.5 Å². The van der Waals surface area contributed by atoms with Gasteiger partial charge in [-0.15, -0.1) is 11.8 Å². The van der Waals surface area contributed by atoms with Gasteiger partial charge in [0.1, 0.15) is 28.0 Å². The van der Waals surface area contributed by atoms with Crippen molar-refractivity contribution in [3.63, 3.8) is 0 Å². The van der Waals surface area contributed by atoms with E-state index in [1.165, 1.54) is 6.07 Å². The second-order valence-electron chi connectivity index (χ2n) is 4.37. The summed E-state index contributed by atoms with van der Waals surface area (Å²) in [5.41, 5.74) is 0.650. The standard InChI is InChI=1S/C14H12F2N2O2S/c1-7-12(14(19)20)13(18-8(2)17-7)21-6-9-3-4-10(15)5-11(9)16/h3-5H,6H2,1-2H3,(H,19,20). The average molecular weight is 310 g/mol. The van der Waals surface area contributed by atoms with Gasteiger partial charge in [-0.2, -0.15) is 0 Å². The number of carbonyl (C=O) groups is 1. The fraction of sp³-hybridized carbons (Fsp3) is 0.214. The topological polar surface area (TPSA) is 63.1 Å². The van der Waals surface area contributed by atoms with Crippen LogP contribution in [0.2, 0.25) is 0 Å². The van der Waals surface area contributed by atoms with E-state index in [-0.39, 0.29) is 21.9 Å². The van der Waals surface area contributed by atoms with Crippen molar-refractivity contribution in [3.8, 4) is 0 Å². The molecule has 0 saturated heterocycles. The molecular formula is C14H12F2N2O2S. The van der Waals surface area contributed by atoms with E-state index in [2.05, 4.69) is 9.97 Å². The lowest BCUT2D eigenvalue weighted by Crippen LogP contribution is -2.08. The Morgan fingerprint density at radius 2 is 2.00 bits per heavy atom. The summed E-state index contributed by atoms with van der Waals surface area (Å²) in [5, 5.41) is 9.48. The molecule has 0 radical (unpaired) electrons. The lowest BCUT2D eigenvalue weighted by Gasteiger charge is -2.09. The molecule has 0 bridgehead atoms. The van der Waals surface area contributed by atoms with Crippen molar-refractivity contribution >= 4 is 17.7 Å². The molecule has 0 fully saturated rings. The van der Waals surface area contributed by atoms with Crippen LogP contribution in [-0.4, -0.2) is 21.0 Å². The summed E-state index contributed by atoms with van der Waals surface area (Å²) in [7, 11) is 0. The molecule has 0 aliphatic rings. The third kappa shape index (κ3) is 3.55. The van der Waals surface area contributed by atoms with E-state index < -0.39 is 17.6 Å². The number of thioether (sulfide) groups is 1. The molecule has 0 unspecified atom stereocenters. The molecule has 0 atom stereocenters. The minimum Gasteiger partial charge on any atom is -0.478 e. The van der Waals surface area contributed by atoms with Crippen molar-refractivity contribution in [2.24, 2.45) is 0 Å². The van der Waals surface area contributed by atoms with Crippen LogP contribution in [-0.2, 0) is 5.75 Å². The summed E-state index contributed by atoms with van der Waals surface area (Å²) in [5.74, 6) is -1.85. The van der Waals surface area contributed by atoms with Crippen LogP contribution in [0.3, 0.4) is 0 Å². The first kappa shape index (κ1) is 15.4. The van der Waals surface area contributed by atoms with Crippen LogP contribution in [0.25, 0.3) is 0 Å². The predicted octanol–water partition coefficient (Wildman–Crippen LogP) is 3.36. The Morgan fingerprint density at radius 3 is 2.62 bits per heavy atom. The lowest BCUT2D eigenvalue weighted by atomic mass is 10.2. The molecule has 1 heterocycles. The van der Waals surface area contributed by atoms with Crippen molar-refractivity contribution in [2.75, 3.05) is 0 Å². The summed E-state index contributed by atoms with van der Waals surface area (Å²) in [6.45, 7) is 3.24. The molecule has 7 heteroatoms. The summed E-state index contributed by atoms with van der Waals surface area (Å²) in [6, 6.07) is 3.29. The predicted molar refractivity (Wildman–Crippen MR) is 74.4 cm³/mol. The Hall–Kier alpha value is -2.02. The van der Waals surface area contributed by atoms with Crippen molar-refractivity contribution in [2.45, 2.75) is 24.6 Å². The fourth-order valence-corrected chi connectivity index (χ4v) is 2.92. The molecule has 1 aromatic heterocycles. The molecule has 0 saturated carbocycles. The number of carboxylic acid groups (broad SMARTS) is 1. The van der Waals surface area contributed by atoms with Gasteiger partial charge in [0.05, 0.1) is 5.69 Å². The number of benzene rings is 1. The lowest BCUT2D eigenvalue weighted by molar-refractivity contribution is 0.0690. The zero-order chi connectivity index (χ0) is 15.6. The third-order valence-electron chi connectivity index (χ3n) is 2.76. The quantitative estimate of drug-likeness (QED) is 0.693. The van der Waals surface area contributed by atoms with Gasteiger partial charge in [-0.05, 0) is 25.5 Å². The highest BCUT2D eigenvalue weighted by atomic mass is 32.2. The summed E-state index contributed by atoms with van der Waals surface area (Å²) in [6.07, 6.45) is 0. The number of nitrogens with zero attached hydrogens (tertiary/aromatic N) is 2. The van der Waals surface area contributed by atoms with Crippen LogP contribution in [0.15, 0.2) is 23.2 Å². The number of halogens is 2. The van der Waals surface area contributed by atoms with Crippen LogP contribution in [0.5, 0.6) is 0 Å². The highest BCUT2D eigenvalue weighted by molar-refractivity contribution is 7.98. The number of carboxylic acids is 1. The molecule has 4 nitrogen and oxygen atoms in total. The maximum atomic E-state index is 13.6. The Kier molecular flexibility index (Phi) is 4.52. The minimum absolute atomic E-state index is 0.00752. The molecule has 110 valence electrons. The first-order valence-electron chi connectivity index (χ1n) is 6.03. The van der Waals surface area contributed by atoms with E-state index in [1.54, 1.807) is 13.8 Å². The zero-order valence-corrected chi connectivity index (χ0v) is 12.2. The SMILES string of the molecule is Cc1nc(C)c(C(=O)O)c(SCc2ccc(F)cc2F)n1. The molecular weight excluding hydrogens is 298 g/mol. The Balaban J connectivity index is 2.29. The van der Waals surface area contributed by atoms with Gasteiger partial charge >= 0.3 is 5.97 Å². The first-order chi connectivity index (χ1) is 9.88. The third-order valence-corrected chi connectivity index (χ3v) is 3.79. The normalized spacial score (nSPS) is 10.7. The largest absolute Gasteiger partial charge is 0.478 e. The number of hydrogen-bond acceptors (Lipinski definition) is 4. The second-order valence-corrected chi connectivity index (χ2v) is 5.33. The Morgan fingerprint density at radius 1 is 1.29 bits per heavy atom. The van der Waals surface area contributed by atoms with Gasteiger partial charge in [-0.1, -0.05) is 6.07 Å². The van der Waals surface area contributed by atoms with Crippen LogP contribution < -0.4 is 0 Å². The molecule has 0 amide bonds. The molecule has 2 aromatic rings. The average Bonchev–Trinajstić information content (AvgIpc) is 2.36. The van der Waals surface area contributed by atoms with Gasteiger partial charge in [0.15, 0.2) is 0 Å². The Bertz CT molecular complexity index is 708. The van der Waals surface area contributed by atoms with E-state index >= 15 is 0 Å². The second kappa shape index (κ2) is 6.17. The fourth-order valence-electron chi connectivity index (χ4n) is 1.82. The number of aryl methyl sites for hydroxylation is 2. The van der Waals surface area contributed by atoms with Gasteiger partial charge in [0, 0.05) is 11.8 Å². The summed E-state index contributed by atoms with van der Waals surface area (Å²) in [4.78, 5) is 19.4. The molecule has 0 aliphatic heterocycles. The van der Waals surface area contributed by atoms with Crippen LogP contribution in [0.4, 0.5) is 8.78 Å². The van der Waals surface area contributed by atoms with Gasteiger partial charge in [0.25, 0.3) is 0 Å². The minimum atomic E-state index is -1.13. The van der Waals surface area contributed by atoms with Gasteiger partial charge < -0.3 is 5.11 Å². The van der Waals surface area contributed by atoms with Crippen LogP contribution in [0, 0.1) is 25.5 Å². The number of hydrogen-bond donors (Lipinski definition) is 1. The number of aromatic carboxylic acids is 1. The van der Waals surface area contributed by atoms with Crippen molar-refractivity contribution < 1.29 is 18.7 Å². The highest BCUT2D eigenvalue weighted by Crippen LogP contribution is 2.27. The van der Waals surface area contributed by atoms with E-state index in [0.717, 1.165) is 23.9 Å². The van der Waals surface area contributed by atoms with E-state index in [0.29, 0.717) is 11.5 Å². The highest BCUT2D eigenvalue weighted by Gasteiger charge is 2.18. The van der Waals surface area contributed by atoms with Crippen molar-refractivity contribution in [3.05, 3.63) is 52.5 Å². The van der Waals surface area contributed by atoms with Gasteiger partial charge in [0.2, 0.25) is 0 Å². The monoisotopic (exact) mass is 310 g/mol. The molecule has 0 spiro atoms. The summed E-state index contributed by atoms with van der Waals surface area (Å²) >= 11 is 1.08. The number of rotatable bonds is 4. The molecule has 0 aliphatic carbocycles. The molecule has 21 heavy (non-hydrogen) atoms. The first-order valence-corrected chi connectivity index (χ1v) is 7.02. The maximum Gasteiger partial charge on any atom is 0.340 e. The smallest absolute Gasteiger partial charge is 0.340 e. The van der Waals surface area contributed by atoms with Gasteiger partial charge in [-0.3, -0.25) is 0 Å². The van der Waals surface area contributed by atoms with E-state index in [4.69, 9.17) is 0 Å². The Labute approximate surface area is 124 Å². The number of aromatic nitrogens is 2. The molecule has 1 aromatic carbocycles. The van der Waals surface area contributed by atoms with Crippen LogP contribution in [0.1, 0.15) is 27.4 Å². The summed E-state index contributed by atoms with van der Waals surface area (Å²) < 4.78 is 26.4.